The van der Waals surface area contributed by atoms with Gasteiger partial charge in [0.1, 0.15) is 11.9 Å². The fourth-order valence-corrected chi connectivity index (χ4v) is 10.9. The third kappa shape index (κ3) is 8.07. The summed E-state index contributed by atoms with van der Waals surface area (Å²) in [5.74, 6) is 5.63. The Labute approximate surface area is 303 Å². The molecule has 50 heavy (non-hydrogen) atoms. The molecule has 272 valence electrons. The van der Waals surface area contributed by atoms with Crippen molar-refractivity contribution in [2.24, 2.45) is 56.6 Å². The van der Waals surface area contributed by atoms with Crippen LogP contribution in [-0.2, 0) is 4.74 Å². The molecule has 0 bridgehead atoms. The molecular weight excluding hydrogens is 617 g/mol. The van der Waals surface area contributed by atoms with Gasteiger partial charge in [0, 0.05) is 6.42 Å². The van der Waals surface area contributed by atoms with Crippen molar-refractivity contribution in [3.05, 3.63) is 65.7 Å². The number of ether oxygens (including phenoxy) is 2. The van der Waals surface area contributed by atoms with E-state index in [-0.39, 0.29) is 17.5 Å². The van der Waals surface area contributed by atoms with E-state index in [9.17, 15) is 4.79 Å². The maximum absolute atomic E-state index is 13.3. The smallest absolute Gasteiger partial charge is 0.338 e. The molecular formula is C45H64N2O3. The van der Waals surface area contributed by atoms with Gasteiger partial charge in [-0.05, 0) is 146 Å². The largest absolute Gasteiger partial charge is 0.494 e. The molecule has 4 aliphatic rings. The number of nitrogens with zero attached hydrogens (tertiary/aromatic N) is 2. The van der Waals surface area contributed by atoms with Gasteiger partial charge in [-0.25, -0.2) is 4.79 Å². The molecule has 0 heterocycles. The molecule has 5 nitrogen and oxygen atoms in total. The third-order valence-corrected chi connectivity index (χ3v) is 13.8. The summed E-state index contributed by atoms with van der Waals surface area (Å²) in [6.45, 7) is 15.5. The molecule has 8 atom stereocenters. The van der Waals surface area contributed by atoms with Crippen LogP contribution in [0.2, 0.25) is 0 Å². The molecule has 0 spiro atoms. The summed E-state index contributed by atoms with van der Waals surface area (Å²) in [4.78, 5) is 13.3. The van der Waals surface area contributed by atoms with Crippen molar-refractivity contribution in [1.82, 2.24) is 0 Å². The van der Waals surface area contributed by atoms with Gasteiger partial charge in [0.15, 0.2) is 0 Å². The number of hydrogen-bond acceptors (Lipinski definition) is 5. The van der Waals surface area contributed by atoms with E-state index in [2.05, 4.69) is 57.8 Å². The van der Waals surface area contributed by atoms with E-state index in [0.717, 1.165) is 79.2 Å². The number of rotatable bonds is 14. The first-order valence-corrected chi connectivity index (χ1v) is 20.3. The highest BCUT2D eigenvalue weighted by Gasteiger charge is 2.59. The maximum Gasteiger partial charge on any atom is 0.338 e. The molecule has 0 radical (unpaired) electrons. The van der Waals surface area contributed by atoms with Crippen molar-refractivity contribution in [2.75, 3.05) is 6.61 Å². The Kier molecular flexibility index (Phi) is 11.9. The minimum Gasteiger partial charge on any atom is -0.494 e. The molecule has 0 amide bonds. The third-order valence-electron chi connectivity index (χ3n) is 13.8. The van der Waals surface area contributed by atoms with Crippen molar-refractivity contribution in [3.8, 4) is 5.75 Å². The Balaban J connectivity index is 1.01. The lowest BCUT2D eigenvalue weighted by Gasteiger charge is -2.58. The Morgan fingerprint density at radius 3 is 2.26 bits per heavy atom. The highest BCUT2D eigenvalue weighted by molar-refractivity contribution is 5.89. The van der Waals surface area contributed by atoms with Gasteiger partial charge in [-0.2, -0.15) is 10.2 Å². The Morgan fingerprint density at radius 2 is 1.56 bits per heavy atom. The second-order valence-corrected chi connectivity index (χ2v) is 17.4. The van der Waals surface area contributed by atoms with E-state index < -0.39 is 0 Å². The summed E-state index contributed by atoms with van der Waals surface area (Å²) in [5.41, 5.74) is 4.37. The van der Waals surface area contributed by atoms with Crippen LogP contribution in [0.15, 0.2) is 70.4 Å². The molecule has 2 aromatic rings. The zero-order valence-corrected chi connectivity index (χ0v) is 32.0. The number of esters is 1. The van der Waals surface area contributed by atoms with Gasteiger partial charge in [0.25, 0.3) is 0 Å². The maximum atomic E-state index is 13.3. The monoisotopic (exact) mass is 680 g/mol. The standard InChI is InChI=1S/C45H64N2O3/c1-7-8-9-29-49-37-20-18-36(19-21-37)47-46-35-16-13-33(14-17-35)43(48)50-38-25-27-44(5)34(30-38)15-22-39-41-24-23-40(32(4)12-10-11-31(2)3)45(41,6)28-26-42(39)44/h13-21,31-32,38-42H,7-12,22-30H2,1-6H3. The molecule has 0 saturated heterocycles. The van der Waals surface area contributed by atoms with Crippen molar-refractivity contribution in [1.29, 1.82) is 0 Å². The van der Waals surface area contributed by atoms with Crippen LogP contribution in [0.25, 0.3) is 0 Å². The summed E-state index contributed by atoms with van der Waals surface area (Å²) < 4.78 is 11.9. The van der Waals surface area contributed by atoms with Crippen molar-refractivity contribution in [2.45, 2.75) is 138 Å². The summed E-state index contributed by atoms with van der Waals surface area (Å²) in [5, 5.41) is 8.74. The first-order valence-electron chi connectivity index (χ1n) is 20.3. The lowest BCUT2D eigenvalue weighted by Crippen LogP contribution is -2.51. The van der Waals surface area contributed by atoms with Gasteiger partial charge in [-0.1, -0.05) is 85.3 Å². The second-order valence-electron chi connectivity index (χ2n) is 17.4. The zero-order valence-electron chi connectivity index (χ0n) is 32.0. The predicted octanol–water partition coefficient (Wildman–Crippen LogP) is 13.2. The van der Waals surface area contributed by atoms with E-state index in [1.54, 1.807) is 17.7 Å². The molecule has 5 heteroatoms. The van der Waals surface area contributed by atoms with Crippen LogP contribution in [0.5, 0.6) is 5.75 Å². The number of hydrogen-bond donors (Lipinski definition) is 0. The average Bonchev–Trinajstić information content (AvgIpc) is 3.47. The van der Waals surface area contributed by atoms with Crippen LogP contribution in [-0.4, -0.2) is 18.7 Å². The normalized spacial score (nSPS) is 31.1. The van der Waals surface area contributed by atoms with Gasteiger partial charge in [-0.3, -0.25) is 0 Å². The summed E-state index contributed by atoms with van der Waals surface area (Å²) >= 11 is 0. The lowest BCUT2D eigenvalue weighted by molar-refractivity contribution is -0.0594. The highest BCUT2D eigenvalue weighted by atomic mass is 16.5. The number of unbranched alkanes of at least 4 members (excludes halogenated alkanes) is 2. The van der Waals surface area contributed by atoms with Gasteiger partial charge >= 0.3 is 5.97 Å². The molecule has 2 aromatic carbocycles. The zero-order chi connectivity index (χ0) is 35.3. The van der Waals surface area contributed by atoms with Gasteiger partial charge in [0.05, 0.1) is 23.5 Å². The molecule has 3 fully saturated rings. The lowest BCUT2D eigenvalue weighted by atomic mass is 9.47. The Bertz CT molecular complexity index is 1480. The topological polar surface area (TPSA) is 60.2 Å². The van der Waals surface area contributed by atoms with E-state index in [1.165, 1.54) is 64.2 Å². The minimum atomic E-state index is -0.237. The van der Waals surface area contributed by atoms with Gasteiger partial charge in [0.2, 0.25) is 0 Å². The van der Waals surface area contributed by atoms with Crippen LogP contribution in [0.1, 0.15) is 142 Å². The van der Waals surface area contributed by atoms with E-state index >= 15 is 0 Å². The SMILES string of the molecule is CCCCCOc1ccc(N=Nc2ccc(C(=O)OC3CCC4(C)C(=CCC5C4CCC4(C)C(C(C)CCCC(C)C)CCC54)C3)cc2)cc1. The van der Waals surface area contributed by atoms with Crippen LogP contribution >= 0.6 is 0 Å². The van der Waals surface area contributed by atoms with Crippen molar-refractivity contribution in [3.63, 3.8) is 0 Å². The molecule has 0 aromatic heterocycles. The van der Waals surface area contributed by atoms with Gasteiger partial charge in [-0.15, -0.1) is 0 Å². The molecule has 0 N–H and O–H groups in total. The van der Waals surface area contributed by atoms with Gasteiger partial charge < -0.3 is 9.47 Å². The summed E-state index contributed by atoms with van der Waals surface area (Å²) in [6.07, 6.45) is 20.0. The van der Waals surface area contributed by atoms with Crippen LogP contribution in [0, 0.1) is 46.3 Å². The number of azo groups is 1. The van der Waals surface area contributed by atoms with Crippen LogP contribution in [0.3, 0.4) is 0 Å². The molecule has 8 unspecified atom stereocenters. The Hall–Kier alpha value is -2.95. The predicted molar refractivity (Wildman–Crippen MR) is 204 cm³/mol. The first kappa shape index (κ1) is 36.8. The van der Waals surface area contributed by atoms with E-state index in [1.807, 2.05) is 36.4 Å². The van der Waals surface area contributed by atoms with Crippen LogP contribution in [0.4, 0.5) is 11.4 Å². The Morgan fingerprint density at radius 1 is 0.840 bits per heavy atom. The summed E-state index contributed by atoms with van der Waals surface area (Å²) in [7, 11) is 0. The molecule has 0 aliphatic heterocycles. The molecule has 6 rings (SSSR count). The molecule has 4 aliphatic carbocycles. The number of benzene rings is 2. The first-order chi connectivity index (χ1) is 24.1. The van der Waals surface area contributed by atoms with Crippen molar-refractivity contribution < 1.29 is 14.3 Å². The van der Waals surface area contributed by atoms with E-state index in [0.29, 0.717) is 16.7 Å². The highest BCUT2D eigenvalue weighted by Crippen LogP contribution is 2.67. The summed E-state index contributed by atoms with van der Waals surface area (Å²) in [6, 6.07) is 15.0. The number of carbonyl (C=O) groups excluding carboxylic acids is 1. The number of allylic oxidation sites excluding steroid dienone is 1. The fraction of sp³-hybridized carbons (Fsp3) is 0.667. The quantitative estimate of drug-likeness (QED) is 0.0863. The van der Waals surface area contributed by atoms with E-state index in [4.69, 9.17) is 9.47 Å². The number of fused-ring (bicyclic) bond motifs is 5. The fourth-order valence-electron chi connectivity index (χ4n) is 10.9. The average molecular weight is 681 g/mol. The number of carbonyl (C=O) groups is 1. The second kappa shape index (κ2) is 16.2. The minimum absolute atomic E-state index is 0.0484. The molecule has 3 saturated carbocycles. The van der Waals surface area contributed by atoms with Crippen LogP contribution < -0.4 is 4.74 Å². The van der Waals surface area contributed by atoms with Crippen molar-refractivity contribution >= 4 is 17.3 Å².